The van der Waals surface area contributed by atoms with E-state index in [1.165, 1.54) is 19.3 Å². The second-order valence-corrected chi connectivity index (χ2v) is 5.94. The van der Waals surface area contributed by atoms with Crippen molar-refractivity contribution in [2.24, 2.45) is 0 Å². The highest BCUT2D eigenvalue weighted by atomic mass is 16.2. The van der Waals surface area contributed by atoms with Crippen molar-refractivity contribution < 1.29 is 4.79 Å². The molecule has 1 heterocycles. The Hall–Kier alpha value is -2.24. The summed E-state index contributed by atoms with van der Waals surface area (Å²) in [5, 5.41) is 5.94. The molecule has 0 aliphatic heterocycles. The standard InChI is InChI=1S/C16H22N4O2/c21-15(18-12-4-2-1-3-5-12)17-9-8-11-6-7-13-14(10-11)20-16(22)19-13/h6-7,10,12H,1-5,8-9H2,(H2,17,18,21)(H2,19,20,22). The maximum atomic E-state index is 11.8. The molecule has 1 aliphatic carbocycles. The van der Waals surface area contributed by atoms with Gasteiger partial charge in [0.1, 0.15) is 0 Å². The highest BCUT2D eigenvalue weighted by Gasteiger charge is 2.15. The van der Waals surface area contributed by atoms with Gasteiger partial charge in [-0.2, -0.15) is 0 Å². The highest BCUT2D eigenvalue weighted by molar-refractivity contribution is 5.75. The number of imidazole rings is 1. The number of hydrogen-bond acceptors (Lipinski definition) is 2. The van der Waals surface area contributed by atoms with Crippen LogP contribution in [0.15, 0.2) is 23.0 Å². The van der Waals surface area contributed by atoms with Crippen molar-refractivity contribution >= 4 is 17.1 Å². The second kappa shape index (κ2) is 6.68. The molecular weight excluding hydrogens is 280 g/mol. The molecule has 0 unspecified atom stereocenters. The Morgan fingerprint density at radius 3 is 2.73 bits per heavy atom. The molecule has 6 heteroatoms. The molecule has 6 nitrogen and oxygen atoms in total. The fourth-order valence-corrected chi connectivity index (χ4v) is 3.04. The van der Waals surface area contributed by atoms with Gasteiger partial charge in [-0.3, -0.25) is 0 Å². The average Bonchev–Trinajstić information content (AvgIpc) is 2.87. The van der Waals surface area contributed by atoms with E-state index in [0.717, 1.165) is 35.9 Å². The summed E-state index contributed by atoms with van der Waals surface area (Å²) in [6.45, 7) is 0.582. The molecule has 0 saturated heterocycles. The number of nitrogens with one attached hydrogen (secondary N) is 4. The SMILES string of the molecule is O=C(NCCc1ccc2[nH]c(=O)[nH]c2c1)NC1CCCCC1. The number of urea groups is 1. The van der Waals surface area contributed by atoms with Crippen LogP contribution in [0.2, 0.25) is 0 Å². The number of aromatic amines is 2. The van der Waals surface area contributed by atoms with E-state index in [4.69, 9.17) is 0 Å². The van der Waals surface area contributed by atoms with Gasteiger partial charge >= 0.3 is 11.7 Å². The first-order valence-corrected chi connectivity index (χ1v) is 7.96. The molecule has 1 aromatic carbocycles. The van der Waals surface area contributed by atoms with Crippen LogP contribution >= 0.6 is 0 Å². The molecule has 1 fully saturated rings. The van der Waals surface area contributed by atoms with E-state index in [1.54, 1.807) is 0 Å². The third kappa shape index (κ3) is 3.69. The highest BCUT2D eigenvalue weighted by Crippen LogP contribution is 2.17. The maximum absolute atomic E-state index is 11.8. The van der Waals surface area contributed by atoms with Crippen molar-refractivity contribution in [3.8, 4) is 0 Å². The maximum Gasteiger partial charge on any atom is 0.323 e. The Balaban J connectivity index is 1.46. The van der Waals surface area contributed by atoms with Gasteiger partial charge in [0.25, 0.3) is 0 Å². The minimum absolute atomic E-state index is 0.0805. The first-order chi connectivity index (χ1) is 10.7. The number of carbonyl (C=O) groups excluding carboxylic acids is 1. The fraction of sp³-hybridized carbons (Fsp3) is 0.500. The molecule has 0 bridgehead atoms. The van der Waals surface area contributed by atoms with E-state index in [-0.39, 0.29) is 11.7 Å². The Kier molecular flexibility index (Phi) is 4.46. The van der Waals surface area contributed by atoms with E-state index in [1.807, 2.05) is 18.2 Å². The zero-order chi connectivity index (χ0) is 15.4. The Labute approximate surface area is 128 Å². The number of aromatic nitrogens is 2. The van der Waals surface area contributed by atoms with Crippen LogP contribution in [0, 0.1) is 0 Å². The van der Waals surface area contributed by atoms with Crippen LogP contribution in [0.3, 0.4) is 0 Å². The van der Waals surface area contributed by atoms with Gasteiger partial charge < -0.3 is 20.6 Å². The van der Waals surface area contributed by atoms with Crippen molar-refractivity contribution in [2.45, 2.75) is 44.6 Å². The van der Waals surface area contributed by atoms with E-state index in [2.05, 4.69) is 20.6 Å². The molecule has 0 atom stereocenters. The zero-order valence-corrected chi connectivity index (χ0v) is 12.6. The van der Waals surface area contributed by atoms with E-state index in [9.17, 15) is 9.59 Å². The van der Waals surface area contributed by atoms with Gasteiger partial charge in [-0.25, -0.2) is 9.59 Å². The molecule has 1 saturated carbocycles. The van der Waals surface area contributed by atoms with E-state index >= 15 is 0 Å². The third-order valence-electron chi connectivity index (χ3n) is 4.22. The summed E-state index contributed by atoms with van der Waals surface area (Å²) in [6.07, 6.45) is 6.61. The van der Waals surface area contributed by atoms with Gasteiger partial charge in [-0.05, 0) is 37.0 Å². The quantitative estimate of drug-likeness (QED) is 0.696. The molecule has 0 spiro atoms. The van der Waals surface area contributed by atoms with Crippen LogP contribution in [0.5, 0.6) is 0 Å². The number of carbonyl (C=O) groups is 1. The van der Waals surface area contributed by atoms with Gasteiger partial charge in [-0.15, -0.1) is 0 Å². The molecule has 4 N–H and O–H groups in total. The number of rotatable bonds is 4. The molecule has 1 aromatic heterocycles. The Bertz CT molecular complexity index is 697. The first-order valence-electron chi connectivity index (χ1n) is 7.96. The van der Waals surface area contributed by atoms with Crippen LogP contribution in [-0.4, -0.2) is 28.6 Å². The second-order valence-electron chi connectivity index (χ2n) is 5.94. The van der Waals surface area contributed by atoms with Crippen LogP contribution in [0.1, 0.15) is 37.7 Å². The summed E-state index contributed by atoms with van der Waals surface area (Å²) in [6, 6.07) is 6.03. The van der Waals surface area contributed by atoms with Crippen molar-refractivity contribution in [2.75, 3.05) is 6.54 Å². The zero-order valence-electron chi connectivity index (χ0n) is 12.6. The lowest BCUT2D eigenvalue weighted by Crippen LogP contribution is -2.43. The molecule has 2 aromatic rings. The summed E-state index contributed by atoms with van der Waals surface area (Å²) >= 11 is 0. The van der Waals surface area contributed by atoms with Gasteiger partial charge in [-0.1, -0.05) is 25.3 Å². The smallest absolute Gasteiger partial charge is 0.323 e. The van der Waals surface area contributed by atoms with Gasteiger partial charge in [0, 0.05) is 12.6 Å². The summed E-state index contributed by atoms with van der Waals surface area (Å²) in [5.74, 6) is 0. The third-order valence-corrected chi connectivity index (χ3v) is 4.22. The van der Waals surface area contributed by atoms with Crippen molar-refractivity contribution in [3.05, 3.63) is 34.2 Å². The number of H-pyrrole nitrogens is 2. The summed E-state index contributed by atoms with van der Waals surface area (Å²) in [5.41, 5.74) is 2.49. The molecule has 118 valence electrons. The predicted octanol–water partition coefficient (Wildman–Crippen LogP) is 2.03. The minimum atomic E-state index is -0.197. The molecule has 1 aliphatic rings. The predicted molar refractivity (Wildman–Crippen MR) is 86.0 cm³/mol. The van der Waals surface area contributed by atoms with Crippen LogP contribution in [0.4, 0.5) is 4.79 Å². The average molecular weight is 302 g/mol. The lowest BCUT2D eigenvalue weighted by molar-refractivity contribution is 0.233. The topological polar surface area (TPSA) is 89.8 Å². The van der Waals surface area contributed by atoms with Gasteiger partial charge in [0.05, 0.1) is 11.0 Å². The van der Waals surface area contributed by atoms with E-state index in [0.29, 0.717) is 12.6 Å². The molecular formula is C16H22N4O2. The molecule has 0 radical (unpaired) electrons. The fourth-order valence-electron chi connectivity index (χ4n) is 3.04. The monoisotopic (exact) mass is 302 g/mol. The summed E-state index contributed by atoms with van der Waals surface area (Å²) in [4.78, 5) is 28.5. The lowest BCUT2D eigenvalue weighted by atomic mass is 9.96. The molecule has 22 heavy (non-hydrogen) atoms. The van der Waals surface area contributed by atoms with Crippen molar-refractivity contribution in [1.82, 2.24) is 20.6 Å². The molecule has 3 rings (SSSR count). The molecule has 2 amide bonds. The summed E-state index contributed by atoms with van der Waals surface area (Å²) in [7, 11) is 0. The van der Waals surface area contributed by atoms with Crippen molar-refractivity contribution in [3.63, 3.8) is 0 Å². The lowest BCUT2D eigenvalue weighted by Gasteiger charge is -2.22. The van der Waals surface area contributed by atoms with Crippen molar-refractivity contribution in [1.29, 1.82) is 0 Å². The van der Waals surface area contributed by atoms with Gasteiger partial charge in [0.15, 0.2) is 0 Å². The number of amides is 2. The first kappa shape index (κ1) is 14.7. The number of hydrogen-bond donors (Lipinski definition) is 4. The number of fused-ring (bicyclic) bond motifs is 1. The Morgan fingerprint density at radius 2 is 1.91 bits per heavy atom. The summed E-state index contributed by atoms with van der Waals surface area (Å²) < 4.78 is 0. The largest absolute Gasteiger partial charge is 0.338 e. The van der Waals surface area contributed by atoms with Gasteiger partial charge in [0.2, 0.25) is 0 Å². The van der Waals surface area contributed by atoms with Crippen LogP contribution in [-0.2, 0) is 6.42 Å². The normalized spacial score (nSPS) is 15.8. The Morgan fingerprint density at radius 1 is 1.14 bits per heavy atom. The van der Waals surface area contributed by atoms with Crippen LogP contribution in [0.25, 0.3) is 11.0 Å². The van der Waals surface area contributed by atoms with Crippen LogP contribution < -0.4 is 16.3 Å². The van der Waals surface area contributed by atoms with E-state index < -0.39 is 0 Å². The minimum Gasteiger partial charge on any atom is -0.338 e. The number of benzene rings is 1.